The van der Waals surface area contributed by atoms with Crippen LogP contribution in [-0.2, 0) is 12.0 Å². The van der Waals surface area contributed by atoms with Gasteiger partial charge in [-0.05, 0) is 41.8 Å². The third-order valence-electron chi connectivity index (χ3n) is 8.65. The molecule has 0 atom stereocenters. The molecular weight excluding hydrogens is 530 g/mol. The van der Waals surface area contributed by atoms with Crippen LogP contribution in [0.25, 0.3) is 0 Å². The zero-order valence-electron chi connectivity index (χ0n) is 27.3. The Labute approximate surface area is 262 Å². The second kappa shape index (κ2) is 20.0. The summed E-state index contributed by atoms with van der Waals surface area (Å²) in [7, 11) is 0. The number of ether oxygens (including phenoxy) is 1. The zero-order chi connectivity index (χ0) is 30.6. The summed E-state index contributed by atoms with van der Waals surface area (Å²) in [4.78, 5) is 12.5. The van der Waals surface area contributed by atoms with Gasteiger partial charge in [0.2, 0.25) is 0 Å². The molecule has 236 valence electrons. The molecule has 0 fully saturated rings. The van der Waals surface area contributed by atoms with E-state index in [1.807, 2.05) is 24.3 Å². The molecule has 0 aliphatic heterocycles. The number of carbonyl (C=O) groups excluding carboxylic acids is 1. The normalized spacial score (nSPS) is 11.5. The molecule has 0 saturated carbocycles. The molecule has 4 heteroatoms. The fraction of sp³-hybridized carbons (Fsp3) is 0.564. The van der Waals surface area contributed by atoms with E-state index in [0.717, 1.165) is 18.6 Å². The summed E-state index contributed by atoms with van der Waals surface area (Å²) in [6.45, 7) is 7.72. The smallest absolute Gasteiger partial charge is 0.286 e. The molecule has 1 N–H and O–H groups in total. The van der Waals surface area contributed by atoms with Crippen molar-refractivity contribution in [3.8, 4) is 5.75 Å². The Morgan fingerprint density at radius 3 is 1.72 bits per heavy atom. The van der Waals surface area contributed by atoms with E-state index in [9.17, 15) is 4.79 Å². The molecule has 4 nitrogen and oxygen atoms in total. The van der Waals surface area contributed by atoms with Crippen LogP contribution in [0.2, 0.25) is 0 Å². The fourth-order valence-corrected chi connectivity index (χ4v) is 5.68. The predicted molar refractivity (Wildman–Crippen MR) is 180 cm³/mol. The van der Waals surface area contributed by atoms with Gasteiger partial charge in [0, 0.05) is 12.0 Å². The van der Waals surface area contributed by atoms with Crippen LogP contribution in [0.4, 0.5) is 0 Å². The molecule has 2 aromatic carbocycles. The van der Waals surface area contributed by atoms with Crippen LogP contribution in [0.1, 0.15) is 151 Å². The maximum Gasteiger partial charge on any atom is 0.286 e. The number of carbonyl (C=O) groups is 1. The summed E-state index contributed by atoms with van der Waals surface area (Å²) in [5.41, 5.74) is 2.42. The lowest BCUT2D eigenvalue weighted by Gasteiger charge is -2.26. The molecule has 0 spiro atoms. The summed E-state index contributed by atoms with van der Waals surface area (Å²) in [5.74, 6) is 1.61. The maximum absolute atomic E-state index is 12.5. The van der Waals surface area contributed by atoms with Gasteiger partial charge < -0.3 is 14.5 Å². The molecular formula is C39H57NO3. The summed E-state index contributed by atoms with van der Waals surface area (Å²) in [6.07, 6.45) is 21.6. The molecule has 0 bridgehead atoms. The van der Waals surface area contributed by atoms with Gasteiger partial charge in [0.25, 0.3) is 5.91 Å². The Balaban J connectivity index is 1.20. The van der Waals surface area contributed by atoms with E-state index in [0.29, 0.717) is 18.1 Å². The number of hydrogen-bond acceptors (Lipinski definition) is 3. The number of hydrogen-bond donors (Lipinski definition) is 1. The van der Waals surface area contributed by atoms with E-state index in [4.69, 9.17) is 9.15 Å². The standard InChI is InChI=1S/C39H57NO3/c1-4-5-6-7-8-9-10-11-12-13-14-15-16-17-18-22-31-40-38(41)37-30-29-36(43-37)32-42-35-27-25-34(26-28-35)39(2,3)33-23-20-19-21-24-33/h19-21,23-30H,4-18,22,31-32H2,1-3H3,(H,40,41). The quantitative estimate of drug-likeness (QED) is 0.112. The van der Waals surface area contributed by atoms with Crippen LogP contribution in [0.3, 0.4) is 0 Å². The maximum atomic E-state index is 12.5. The van der Waals surface area contributed by atoms with Crippen molar-refractivity contribution in [1.29, 1.82) is 0 Å². The average molecular weight is 588 g/mol. The first-order valence-electron chi connectivity index (χ1n) is 17.2. The van der Waals surface area contributed by atoms with E-state index < -0.39 is 0 Å². The lowest BCUT2D eigenvalue weighted by Crippen LogP contribution is -2.23. The minimum Gasteiger partial charge on any atom is -0.486 e. The molecule has 0 aliphatic carbocycles. The first kappa shape index (κ1) is 34.5. The third kappa shape index (κ3) is 13.0. The van der Waals surface area contributed by atoms with Crippen molar-refractivity contribution in [2.75, 3.05) is 6.54 Å². The molecule has 1 amide bonds. The summed E-state index contributed by atoms with van der Waals surface area (Å²) >= 11 is 0. The molecule has 3 rings (SSSR count). The van der Waals surface area contributed by atoms with Gasteiger partial charge in [-0.2, -0.15) is 0 Å². The Bertz CT molecular complexity index is 1130. The first-order chi connectivity index (χ1) is 21.0. The van der Waals surface area contributed by atoms with Crippen molar-refractivity contribution in [1.82, 2.24) is 5.32 Å². The second-order valence-electron chi connectivity index (χ2n) is 12.6. The molecule has 1 aromatic heterocycles. The highest BCUT2D eigenvalue weighted by Gasteiger charge is 2.22. The SMILES string of the molecule is CCCCCCCCCCCCCCCCCCNC(=O)c1ccc(COc2ccc(C(C)(C)c3ccccc3)cc2)o1. The molecule has 3 aromatic rings. The highest BCUT2D eigenvalue weighted by molar-refractivity contribution is 5.91. The number of unbranched alkanes of at least 4 members (excludes halogenated alkanes) is 15. The van der Waals surface area contributed by atoms with Gasteiger partial charge in [0.1, 0.15) is 18.1 Å². The van der Waals surface area contributed by atoms with Crippen LogP contribution in [0.5, 0.6) is 5.75 Å². The van der Waals surface area contributed by atoms with Gasteiger partial charge in [-0.3, -0.25) is 4.79 Å². The highest BCUT2D eigenvalue weighted by atomic mass is 16.5. The molecule has 0 radical (unpaired) electrons. The van der Waals surface area contributed by atoms with E-state index in [1.54, 1.807) is 6.07 Å². The third-order valence-corrected chi connectivity index (χ3v) is 8.65. The van der Waals surface area contributed by atoms with E-state index in [2.05, 4.69) is 62.5 Å². The Morgan fingerprint density at radius 2 is 1.16 bits per heavy atom. The van der Waals surface area contributed by atoms with Crippen LogP contribution < -0.4 is 10.1 Å². The number of rotatable bonds is 23. The van der Waals surface area contributed by atoms with E-state index >= 15 is 0 Å². The van der Waals surface area contributed by atoms with Gasteiger partial charge in [0.15, 0.2) is 5.76 Å². The summed E-state index contributed by atoms with van der Waals surface area (Å²) < 4.78 is 11.7. The predicted octanol–water partition coefficient (Wildman–Crippen LogP) is 11.2. The molecule has 43 heavy (non-hydrogen) atoms. The van der Waals surface area contributed by atoms with Crippen molar-refractivity contribution < 1.29 is 13.9 Å². The fourth-order valence-electron chi connectivity index (χ4n) is 5.68. The second-order valence-corrected chi connectivity index (χ2v) is 12.6. The Hall–Kier alpha value is -3.01. The van der Waals surface area contributed by atoms with Gasteiger partial charge >= 0.3 is 0 Å². The molecule has 0 aliphatic rings. The van der Waals surface area contributed by atoms with Gasteiger partial charge in [0.05, 0.1) is 0 Å². The minimum atomic E-state index is -0.153. The van der Waals surface area contributed by atoms with Gasteiger partial charge in [-0.25, -0.2) is 0 Å². The van der Waals surface area contributed by atoms with Crippen molar-refractivity contribution in [2.45, 2.75) is 136 Å². The van der Waals surface area contributed by atoms with Crippen LogP contribution >= 0.6 is 0 Å². The lowest BCUT2D eigenvalue weighted by molar-refractivity contribution is 0.0921. The molecule has 1 heterocycles. The Morgan fingerprint density at radius 1 is 0.651 bits per heavy atom. The monoisotopic (exact) mass is 587 g/mol. The average Bonchev–Trinajstić information content (AvgIpc) is 3.51. The van der Waals surface area contributed by atoms with Crippen LogP contribution in [0.15, 0.2) is 71.1 Å². The number of benzene rings is 2. The minimum absolute atomic E-state index is 0.0881. The number of furan rings is 1. The van der Waals surface area contributed by atoms with Crippen LogP contribution in [-0.4, -0.2) is 12.5 Å². The molecule has 0 saturated heterocycles. The van der Waals surface area contributed by atoms with Crippen molar-refractivity contribution in [3.63, 3.8) is 0 Å². The summed E-state index contributed by atoms with van der Waals surface area (Å²) in [5, 5.41) is 3.00. The van der Waals surface area contributed by atoms with E-state index in [-0.39, 0.29) is 17.9 Å². The molecule has 0 unspecified atom stereocenters. The topological polar surface area (TPSA) is 51.5 Å². The first-order valence-corrected chi connectivity index (χ1v) is 17.2. The van der Waals surface area contributed by atoms with Gasteiger partial charge in [-0.1, -0.05) is 160 Å². The van der Waals surface area contributed by atoms with Gasteiger partial charge in [-0.15, -0.1) is 0 Å². The number of nitrogens with one attached hydrogen (secondary N) is 1. The van der Waals surface area contributed by atoms with Crippen molar-refractivity contribution >= 4 is 5.91 Å². The number of amides is 1. The van der Waals surface area contributed by atoms with E-state index in [1.165, 1.54) is 101 Å². The summed E-state index contributed by atoms with van der Waals surface area (Å²) in [6, 6.07) is 22.3. The van der Waals surface area contributed by atoms with Crippen LogP contribution in [0, 0.1) is 0 Å². The lowest BCUT2D eigenvalue weighted by atomic mass is 9.78. The Kier molecular flexibility index (Phi) is 16.1. The highest BCUT2D eigenvalue weighted by Crippen LogP contribution is 2.32. The van der Waals surface area contributed by atoms with Crippen molar-refractivity contribution in [3.05, 3.63) is 89.4 Å². The zero-order valence-corrected chi connectivity index (χ0v) is 27.3. The van der Waals surface area contributed by atoms with Crippen molar-refractivity contribution in [2.24, 2.45) is 0 Å². The largest absolute Gasteiger partial charge is 0.486 e.